The van der Waals surface area contributed by atoms with Crippen molar-refractivity contribution >= 4 is 16.8 Å². The van der Waals surface area contributed by atoms with Crippen LogP contribution in [0.1, 0.15) is 47.6 Å². The number of nitrogens with two attached hydrogens (primary N) is 1. The zero-order valence-corrected chi connectivity index (χ0v) is 15.3. The summed E-state index contributed by atoms with van der Waals surface area (Å²) < 4.78 is 2.37. The van der Waals surface area contributed by atoms with Gasteiger partial charge in [-0.1, -0.05) is 12.1 Å². The molecule has 5 nitrogen and oxygen atoms in total. The molecule has 2 saturated heterocycles. The Balaban J connectivity index is 1.40. The van der Waals surface area contributed by atoms with Crippen LogP contribution in [0.2, 0.25) is 0 Å². The molecule has 27 heavy (non-hydrogen) atoms. The molecule has 2 bridgehead atoms. The lowest BCUT2D eigenvalue weighted by Gasteiger charge is -2.39. The van der Waals surface area contributed by atoms with E-state index < -0.39 is 0 Å². The summed E-state index contributed by atoms with van der Waals surface area (Å²) in [6.07, 6.45) is 10.8. The number of benzene rings is 1. The van der Waals surface area contributed by atoms with Gasteiger partial charge in [-0.15, -0.1) is 0 Å². The Hall–Kier alpha value is -2.66. The highest BCUT2D eigenvalue weighted by atomic mass is 16.1. The molecule has 3 atom stereocenters. The molecule has 0 spiro atoms. The molecule has 2 aliphatic heterocycles. The lowest BCUT2D eigenvalue weighted by atomic mass is 9.96. The van der Waals surface area contributed by atoms with E-state index in [0.717, 1.165) is 24.9 Å². The number of amides is 1. The number of carbonyl (C=O) groups is 1. The van der Waals surface area contributed by atoms with Gasteiger partial charge in [-0.05, 0) is 60.9 Å². The van der Waals surface area contributed by atoms with Gasteiger partial charge in [0.2, 0.25) is 5.91 Å². The quantitative estimate of drug-likeness (QED) is 0.774. The van der Waals surface area contributed by atoms with Gasteiger partial charge in [-0.3, -0.25) is 14.7 Å². The molecule has 2 N–H and O–H groups in total. The first-order valence-corrected chi connectivity index (χ1v) is 9.74. The number of aromatic nitrogens is 2. The molecule has 1 aromatic carbocycles. The summed E-state index contributed by atoms with van der Waals surface area (Å²) in [5, 5.41) is 1.17. The molecule has 0 radical (unpaired) electrons. The van der Waals surface area contributed by atoms with Crippen molar-refractivity contribution in [1.82, 2.24) is 14.5 Å². The predicted octanol–water partition coefficient (Wildman–Crippen LogP) is 3.50. The largest absolute Gasteiger partial charge is 0.366 e. The molecule has 3 aromatic rings. The summed E-state index contributed by atoms with van der Waals surface area (Å²) in [5.74, 6) is -0.365. The van der Waals surface area contributed by atoms with Gasteiger partial charge in [-0.2, -0.15) is 0 Å². The Morgan fingerprint density at radius 1 is 1.11 bits per heavy atom. The third-order valence-electron chi connectivity index (χ3n) is 6.35. The number of carbonyl (C=O) groups excluding carboxylic acids is 1. The van der Waals surface area contributed by atoms with E-state index in [1.165, 1.54) is 23.8 Å². The van der Waals surface area contributed by atoms with E-state index in [1.54, 1.807) is 0 Å². The molecule has 0 saturated carbocycles. The number of primary amides is 1. The van der Waals surface area contributed by atoms with Gasteiger partial charge in [0.25, 0.3) is 0 Å². The zero-order chi connectivity index (χ0) is 18.4. The van der Waals surface area contributed by atoms with Crippen LogP contribution in [0.25, 0.3) is 10.9 Å². The highest BCUT2D eigenvalue weighted by Crippen LogP contribution is 2.42. The van der Waals surface area contributed by atoms with Gasteiger partial charge in [0, 0.05) is 54.3 Å². The number of rotatable bonds is 4. The molecule has 1 amide bonds. The molecule has 5 rings (SSSR count). The third-order valence-corrected chi connectivity index (χ3v) is 6.35. The number of piperidine rings is 1. The molecular weight excluding hydrogens is 336 g/mol. The van der Waals surface area contributed by atoms with Crippen LogP contribution < -0.4 is 5.73 Å². The van der Waals surface area contributed by atoms with Crippen molar-refractivity contribution in [2.75, 3.05) is 0 Å². The van der Waals surface area contributed by atoms with Crippen LogP contribution in [-0.4, -0.2) is 32.4 Å². The maximum Gasteiger partial charge on any atom is 0.248 e. The summed E-state index contributed by atoms with van der Waals surface area (Å²) in [7, 11) is 0. The average Bonchev–Trinajstić information content (AvgIpc) is 3.19. The van der Waals surface area contributed by atoms with E-state index in [0.29, 0.717) is 23.7 Å². The molecule has 0 aliphatic carbocycles. The van der Waals surface area contributed by atoms with Crippen molar-refractivity contribution in [1.29, 1.82) is 0 Å². The lowest BCUT2D eigenvalue weighted by Crippen LogP contribution is -2.42. The van der Waals surface area contributed by atoms with E-state index in [9.17, 15) is 4.79 Å². The monoisotopic (exact) mass is 360 g/mol. The van der Waals surface area contributed by atoms with E-state index >= 15 is 0 Å². The molecule has 5 heteroatoms. The third kappa shape index (κ3) is 2.92. The van der Waals surface area contributed by atoms with Crippen LogP contribution in [-0.2, 0) is 6.54 Å². The topological polar surface area (TPSA) is 64.2 Å². The van der Waals surface area contributed by atoms with Gasteiger partial charge in [0.15, 0.2) is 0 Å². The maximum atomic E-state index is 11.6. The first-order chi connectivity index (χ1) is 13.2. The normalized spacial score (nSPS) is 25.1. The second kappa shape index (κ2) is 6.50. The van der Waals surface area contributed by atoms with Gasteiger partial charge in [0.1, 0.15) is 0 Å². The van der Waals surface area contributed by atoms with Gasteiger partial charge in [-0.25, -0.2) is 0 Å². The van der Waals surface area contributed by atoms with E-state index in [4.69, 9.17) is 5.73 Å². The standard InChI is InChI=1S/C22H24N4O/c23-22(27)17-4-3-16-7-9-25(21(16)10-17)20-11-18-5-6-19(12-20)26(18)14-15-2-1-8-24-13-15/h1-4,7-10,13,18-20H,5-6,11-12,14H2,(H2,23,27)/t18-,19+,20?. The van der Waals surface area contributed by atoms with Crippen molar-refractivity contribution in [3.8, 4) is 0 Å². The van der Waals surface area contributed by atoms with Crippen molar-refractivity contribution < 1.29 is 4.79 Å². The Morgan fingerprint density at radius 2 is 1.93 bits per heavy atom. The first kappa shape index (κ1) is 16.5. The maximum absolute atomic E-state index is 11.6. The van der Waals surface area contributed by atoms with Crippen LogP contribution in [0.5, 0.6) is 0 Å². The number of nitrogens with zero attached hydrogens (tertiary/aromatic N) is 3. The fourth-order valence-electron chi connectivity index (χ4n) is 5.05. The van der Waals surface area contributed by atoms with E-state index in [-0.39, 0.29) is 5.91 Å². The molecular formula is C22H24N4O. The van der Waals surface area contributed by atoms with Gasteiger partial charge in [0.05, 0.1) is 0 Å². The molecule has 2 fully saturated rings. The predicted molar refractivity (Wildman–Crippen MR) is 105 cm³/mol. The van der Waals surface area contributed by atoms with Crippen LogP contribution >= 0.6 is 0 Å². The molecule has 1 unspecified atom stereocenters. The van der Waals surface area contributed by atoms with Crippen LogP contribution in [0, 0.1) is 0 Å². The van der Waals surface area contributed by atoms with Gasteiger partial charge < -0.3 is 10.3 Å². The fourth-order valence-corrected chi connectivity index (χ4v) is 5.05. The van der Waals surface area contributed by atoms with Crippen molar-refractivity contribution in [2.45, 2.75) is 50.4 Å². The Bertz CT molecular complexity index is 966. The van der Waals surface area contributed by atoms with Crippen molar-refractivity contribution in [3.05, 3.63) is 66.1 Å². The Labute approximate surface area is 158 Å². The molecule has 2 aliphatic rings. The molecule has 138 valence electrons. The number of hydrogen-bond donors (Lipinski definition) is 1. The Morgan fingerprint density at radius 3 is 2.63 bits per heavy atom. The molecule has 4 heterocycles. The summed E-state index contributed by atoms with van der Waals surface area (Å²) in [5.41, 5.74) is 8.49. The Kier molecular flexibility index (Phi) is 3.97. The first-order valence-electron chi connectivity index (χ1n) is 9.74. The summed E-state index contributed by atoms with van der Waals surface area (Å²) in [6.45, 7) is 0.994. The van der Waals surface area contributed by atoms with Crippen LogP contribution in [0.4, 0.5) is 0 Å². The van der Waals surface area contributed by atoms with Gasteiger partial charge >= 0.3 is 0 Å². The van der Waals surface area contributed by atoms with Crippen LogP contribution in [0.3, 0.4) is 0 Å². The number of fused-ring (bicyclic) bond motifs is 3. The fraction of sp³-hybridized carbons (Fsp3) is 0.364. The second-order valence-electron chi connectivity index (χ2n) is 7.90. The minimum Gasteiger partial charge on any atom is -0.366 e. The lowest BCUT2D eigenvalue weighted by molar-refractivity contribution is 0.0996. The van der Waals surface area contributed by atoms with Crippen molar-refractivity contribution in [3.63, 3.8) is 0 Å². The number of hydrogen-bond acceptors (Lipinski definition) is 3. The average molecular weight is 360 g/mol. The van der Waals surface area contributed by atoms with E-state index in [2.05, 4.69) is 32.8 Å². The summed E-state index contributed by atoms with van der Waals surface area (Å²) in [4.78, 5) is 18.5. The SMILES string of the molecule is NC(=O)c1ccc2ccn(C3C[C@H]4CC[C@@H](C3)N4Cc3cccnc3)c2c1. The second-order valence-corrected chi connectivity index (χ2v) is 7.90. The summed E-state index contributed by atoms with van der Waals surface area (Å²) >= 11 is 0. The highest BCUT2D eigenvalue weighted by Gasteiger charge is 2.41. The minimum atomic E-state index is -0.365. The minimum absolute atomic E-state index is 0.365. The van der Waals surface area contributed by atoms with Crippen molar-refractivity contribution in [2.24, 2.45) is 5.73 Å². The zero-order valence-electron chi connectivity index (χ0n) is 15.3. The number of pyridine rings is 1. The smallest absolute Gasteiger partial charge is 0.248 e. The molecule has 2 aromatic heterocycles. The van der Waals surface area contributed by atoms with E-state index in [1.807, 2.05) is 36.7 Å². The highest BCUT2D eigenvalue weighted by molar-refractivity contribution is 5.97. The van der Waals surface area contributed by atoms with Crippen LogP contribution in [0.15, 0.2) is 55.0 Å². The summed E-state index contributed by atoms with van der Waals surface area (Å²) in [6, 6.07) is 13.8.